The smallest absolute Gasteiger partial charge is 0.311 e. The number of rotatable bonds is 7. The van der Waals surface area contributed by atoms with Gasteiger partial charge in [-0.25, -0.2) is 4.98 Å². The highest BCUT2D eigenvalue weighted by Crippen LogP contribution is 2.29. The average molecular weight is 377 g/mol. The molecule has 2 aliphatic rings. The molecule has 0 bridgehead atoms. The van der Waals surface area contributed by atoms with Gasteiger partial charge in [-0.1, -0.05) is 0 Å². The first kappa shape index (κ1) is 19.5. The molecule has 1 aromatic heterocycles. The predicted molar refractivity (Wildman–Crippen MR) is 99.6 cm³/mol. The minimum atomic E-state index is -0.395. The number of anilines is 1. The molecule has 8 nitrogen and oxygen atoms in total. The monoisotopic (exact) mass is 377 g/mol. The standard InChI is InChI=1S/C19H27N3O5/c23-18(6-5-15-3-2-12-26-13-15)27-14-16-7-10-21(11-8-16)19-17(22(24)25)4-1-9-20-19/h1,4,9,15-16H,2-3,5-8,10-14H2/t15-/m1/s1. The number of hydrogen-bond acceptors (Lipinski definition) is 7. The Kier molecular flexibility index (Phi) is 6.98. The van der Waals surface area contributed by atoms with E-state index < -0.39 is 4.92 Å². The van der Waals surface area contributed by atoms with Crippen molar-refractivity contribution < 1.29 is 19.2 Å². The number of nitrogens with zero attached hydrogens (tertiary/aromatic N) is 3. The van der Waals surface area contributed by atoms with Crippen LogP contribution in [0.3, 0.4) is 0 Å². The molecule has 1 aromatic rings. The molecule has 3 heterocycles. The minimum absolute atomic E-state index is 0.0362. The Labute approximate surface area is 159 Å². The zero-order chi connectivity index (χ0) is 19.1. The van der Waals surface area contributed by atoms with Gasteiger partial charge in [0.05, 0.1) is 11.5 Å². The number of aromatic nitrogens is 1. The number of nitro groups is 1. The van der Waals surface area contributed by atoms with Crippen LogP contribution in [-0.2, 0) is 14.3 Å². The molecular formula is C19H27N3O5. The molecule has 0 N–H and O–H groups in total. The largest absolute Gasteiger partial charge is 0.465 e. The van der Waals surface area contributed by atoms with Crippen LogP contribution < -0.4 is 4.90 Å². The van der Waals surface area contributed by atoms with Crippen LogP contribution in [0.2, 0.25) is 0 Å². The van der Waals surface area contributed by atoms with Gasteiger partial charge in [0, 0.05) is 45.0 Å². The van der Waals surface area contributed by atoms with Crippen molar-refractivity contribution in [1.29, 1.82) is 0 Å². The van der Waals surface area contributed by atoms with Crippen molar-refractivity contribution >= 4 is 17.5 Å². The van der Waals surface area contributed by atoms with Gasteiger partial charge in [0.2, 0.25) is 5.82 Å². The highest BCUT2D eigenvalue weighted by molar-refractivity contribution is 5.69. The first-order chi connectivity index (χ1) is 13.1. The summed E-state index contributed by atoms with van der Waals surface area (Å²) in [6, 6.07) is 3.06. The lowest BCUT2D eigenvalue weighted by Gasteiger charge is -2.32. The fraction of sp³-hybridized carbons (Fsp3) is 0.684. The normalized spacial score (nSPS) is 21.0. The Bertz CT molecular complexity index is 640. The quantitative estimate of drug-likeness (QED) is 0.409. The van der Waals surface area contributed by atoms with Gasteiger partial charge in [0.15, 0.2) is 0 Å². The average Bonchev–Trinajstić information content (AvgIpc) is 2.72. The summed E-state index contributed by atoms with van der Waals surface area (Å²) in [4.78, 5) is 28.9. The van der Waals surface area contributed by atoms with Crippen molar-refractivity contribution in [3.8, 4) is 0 Å². The van der Waals surface area contributed by atoms with Crippen LogP contribution >= 0.6 is 0 Å². The van der Waals surface area contributed by atoms with Crippen LogP contribution in [0, 0.1) is 22.0 Å². The fourth-order valence-corrected chi connectivity index (χ4v) is 3.73. The highest BCUT2D eigenvalue weighted by atomic mass is 16.6. The van der Waals surface area contributed by atoms with Gasteiger partial charge in [0.25, 0.3) is 0 Å². The summed E-state index contributed by atoms with van der Waals surface area (Å²) in [5, 5.41) is 11.2. The molecule has 2 aliphatic heterocycles. The van der Waals surface area contributed by atoms with E-state index >= 15 is 0 Å². The van der Waals surface area contributed by atoms with E-state index in [1.807, 2.05) is 4.90 Å². The van der Waals surface area contributed by atoms with E-state index in [1.54, 1.807) is 12.3 Å². The second-order valence-electron chi connectivity index (χ2n) is 7.34. The van der Waals surface area contributed by atoms with Crippen molar-refractivity contribution in [2.45, 2.75) is 38.5 Å². The van der Waals surface area contributed by atoms with Crippen LogP contribution in [0.4, 0.5) is 11.5 Å². The molecule has 0 unspecified atom stereocenters. The highest BCUT2D eigenvalue weighted by Gasteiger charge is 2.26. The maximum atomic E-state index is 12.0. The molecule has 0 radical (unpaired) electrons. The third-order valence-electron chi connectivity index (χ3n) is 5.37. The lowest BCUT2D eigenvalue weighted by atomic mass is 9.96. The van der Waals surface area contributed by atoms with E-state index in [0.717, 1.165) is 45.3 Å². The third kappa shape index (κ3) is 5.63. The second kappa shape index (κ2) is 9.64. The molecule has 148 valence electrons. The Morgan fingerprint density at radius 3 is 2.85 bits per heavy atom. The molecule has 0 aliphatic carbocycles. The fourth-order valence-electron chi connectivity index (χ4n) is 3.73. The molecule has 27 heavy (non-hydrogen) atoms. The predicted octanol–water partition coefficient (Wildman–Crippen LogP) is 2.96. The van der Waals surface area contributed by atoms with Crippen LogP contribution in [0.15, 0.2) is 18.3 Å². The van der Waals surface area contributed by atoms with Crippen LogP contribution in [-0.4, -0.2) is 48.8 Å². The van der Waals surface area contributed by atoms with Gasteiger partial charge in [0.1, 0.15) is 0 Å². The lowest BCUT2D eigenvalue weighted by Crippen LogP contribution is -2.36. The van der Waals surface area contributed by atoms with E-state index in [2.05, 4.69) is 4.98 Å². The van der Waals surface area contributed by atoms with Crippen LogP contribution in [0.1, 0.15) is 38.5 Å². The van der Waals surface area contributed by atoms with E-state index in [-0.39, 0.29) is 11.7 Å². The lowest BCUT2D eigenvalue weighted by molar-refractivity contribution is -0.384. The van der Waals surface area contributed by atoms with Gasteiger partial charge < -0.3 is 14.4 Å². The van der Waals surface area contributed by atoms with Gasteiger partial charge in [-0.15, -0.1) is 0 Å². The van der Waals surface area contributed by atoms with E-state index in [0.29, 0.717) is 43.8 Å². The maximum Gasteiger partial charge on any atom is 0.311 e. The molecule has 8 heteroatoms. The summed E-state index contributed by atoms with van der Waals surface area (Å²) in [6.07, 6.45) is 6.73. The zero-order valence-electron chi connectivity index (χ0n) is 15.5. The van der Waals surface area contributed by atoms with E-state index in [1.165, 1.54) is 6.07 Å². The number of carbonyl (C=O) groups is 1. The van der Waals surface area contributed by atoms with Gasteiger partial charge in [-0.3, -0.25) is 14.9 Å². The molecule has 0 saturated carbocycles. The molecule has 0 aromatic carbocycles. The number of carbonyl (C=O) groups excluding carboxylic acids is 1. The summed E-state index contributed by atoms with van der Waals surface area (Å²) in [5.41, 5.74) is 0.0362. The van der Waals surface area contributed by atoms with Crippen molar-refractivity contribution in [3.05, 3.63) is 28.4 Å². The second-order valence-corrected chi connectivity index (χ2v) is 7.34. The molecule has 3 rings (SSSR count). The molecule has 2 saturated heterocycles. The Hall–Kier alpha value is -2.22. The number of hydrogen-bond donors (Lipinski definition) is 0. The number of pyridine rings is 1. The zero-order valence-corrected chi connectivity index (χ0v) is 15.5. The summed E-state index contributed by atoms with van der Waals surface area (Å²) in [6.45, 7) is 3.38. The van der Waals surface area contributed by atoms with Gasteiger partial charge in [-0.2, -0.15) is 0 Å². The van der Waals surface area contributed by atoms with Crippen molar-refractivity contribution in [2.24, 2.45) is 11.8 Å². The summed E-state index contributed by atoms with van der Waals surface area (Å²) in [7, 11) is 0. The molecule has 0 amide bonds. The topological polar surface area (TPSA) is 94.8 Å². The van der Waals surface area contributed by atoms with Gasteiger partial charge in [-0.05, 0) is 50.0 Å². The number of piperidine rings is 1. The molecule has 1 atom stereocenters. The molecular weight excluding hydrogens is 350 g/mol. The first-order valence-corrected chi connectivity index (χ1v) is 9.71. The summed E-state index contributed by atoms with van der Waals surface area (Å²) >= 11 is 0. The van der Waals surface area contributed by atoms with Crippen LogP contribution in [0.5, 0.6) is 0 Å². The Balaban J connectivity index is 1.38. The summed E-state index contributed by atoms with van der Waals surface area (Å²) < 4.78 is 10.9. The number of esters is 1. The van der Waals surface area contributed by atoms with Crippen molar-refractivity contribution in [3.63, 3.8) is 0 Å². The SMILES string of the molecule is O=C(CC[C@H]1CCCOC1)OCC1CCN(c2ncccc2[N+](=O)[O-])CC1. The van der Waals surface area contributed by atoms with E-state index in [4.69, 9.17) is 9.47 Å². The molecule has 2 fully saturated rings. The first-order valence-electron chi connectivity index (χ1n) is 9.71. The summed E-state index contributed by atoms with van der Waals surface area (Å²) in [5.74, 6) is 1.06. The molecule has 0 spiro atoms. The third-order valence-corrected chi connectivity index (χ3v) is 5.37. The Morgan fingerprint density at radius 1 is 1.33 bits per heavy atom. The van der Waals surface area contributed by atoms with E-state index in [9.17, 15) is 14.9 Å². The minimum Gasteiger partial charge on any atom is -0.465 e. The Morgan fingerprint density at radius 2 is 2.15 bits per heavy atom. The van der Waals surface area contributed by atoms with Crippen LogP contribution in [0.25, 0.3) is 0 Å². The van der Waals surface area contributed by atoms with Crippen molar-refractivity contribution in [2.75, 3.05) is 37.8 Å². The maximum absolute atomic E-state index is 12.0. The number of ether oxygens (including phenoxy) is 2. The van der Waals surface area contributed by atoms with Crippen molar-refractivity contribution in [1.82, 2.24) is 4.98 Å². The van der Waals surface area contributed by atoms with Gasteiger partial charge >= 0.3 is 11.7 Å².